The number of hydrogen-bond donors (Lipinski definition) is 2. The van der Waals surface area contributed by atoms with Crippen molar-refractivity contribution in [3.05, 3.63) is 24.5 Å². The van der Waals surface area contributed by atoms with E-state index in [9.17, 15) is 0 Å². The average Bonchev–Trinajstić information content (AvgIpc) is 2.78. The number of aromatic nitrogens is 1. The normalized spacial score (nSPS) is 16.4. The highest BCUT2D eigenvalue weighted by Gasteiger charge is 2.04. The van der Waals surface area contributed by atoms with Crippen LogP contribution < -0.4 is 0 Å². The third kappa shape index (κ3) is 4.54. The summed E-state index contributed by atoms with van der Waals surface area (Å²) in [6.45, 7) is 2.09. The van der Waals surface area contributed by atoms with Crippen molar-refractivity contribution < 1.29 is 5.21 Å². The van der Waals surface area contributed by atoms with Gasteiger partial charge in [-0.2, -0.15) is 0 Å². The minimum atomic E-state index is 1.05. The zero-order valence-corrected chi connectivity index (χ0v) is 8.26. The van der Waals surface area contributed by atoms with Gasteiger partial charge in [0.2, 0.25) is 0 Å². The molecule has 1 fully saturated rings. The van der Waals surface area contributed by atoms with Crippen LogP contribution in [0.15, 0.2) is 29.7 Å². The van der Waals surface area contributed by atoms with Crippen molar-refractivity contribution in [1.29, 1.82) is 0 Å². The van der Waals surface area contributed by atoms with E-state index in [1.807, 2.05) is 29.4 Å². The van der Waals surface area contributed by atoms with Crippen LogP contribution in [0, 0.1) is 0 Å². The third-order valence-corrected chi connectivity index (χ3v) is 2.10. The molecule has 78 valence electrons. The molecule has 1 aliphatic rings. The molecule has 2 rings (SSSR count). The van der Waals surface area contributed by atoms with Crippen LogP contribution in [0.25, 0.3) is 0 Å². The van der Waals surface area contributed by atoms with Crippen LogP contribution in [0.1, 0.15) is 19.3 Å². The summed E-state index contributed by atoms with van der Waals surface area (Å²) in [5, 5.41) is 11.1. The van der Waals surface area contributed by atoms with E-state index in [4.69, 9.17) is 5.21 Å². The van der Waals surface area contributed by atoms with E-state index < -0.39 is 0 Å². The summed E-state index contributed by atoms with van der Waals surface area (Å²) in [5.74, 6) is 0. The Morgan fingerprint density at radius 3 is 2.21 bits per heavy atom. The Hall–Kier alpha value is -1.45. The first-order valence-corrected chi connectivity index (χ1v) is 4.93. The van der Waals surface area contributed by atoms with Gasteiger partial charge in [-0.25, -0.2) is 0 Å². The van der Waals surface area contributed by atoms with Crippen LogP contribution in [-0.4, -0.2) is 34.5 Å². The number of likely N-dealkylation sites (tertiary alicyclic amines) is 1. The summed E-state index contributed by atoms with van der Waals surface area (Å²) < 4.78 is 0. The van der Waals surface area contributed by atoms with E-state index >= 15 is 0 Å². The SMILES string of the molecule is ON=CN1CCCCC1.c1cc[nH]c1. The Morgan fingerprint density at radius 1 is 1.14 bits per heavy atom. The van der Waals surface area contributed by atoms with E-state index in [2.05, 4.69) is 10.1 Å². The molecule has 0 atom stereocenters. The predicted octanol–water partition coefficient (Wildman–Crippen LogP) is 1.90. The Balaban J connectivity index is 0.000000165. The Kier molecular flexibility index (Phi) is 5.32. The molecule has 0 spiro atoms. The number of aromatic amines is 1. The first kappa shape index (κ1) is 10.6. The molecule has 0 aliphatic carbocycles. The minimum Gasteiger partial charge on any atom is -0.410 e. The van der Waals surface area contributed by atoms with Gasteiger partial charge in [-0.15, -0.1) is 0 Å². The average molecular weight is 195 g/mol. The van der Waals surface area contributed by atoms with Gasteiger partial charge in [0.15, 0.2) is 0 Å². The lowest BCUT2D eigenvalue weighted by Crippen LogP contribution is -2.28. The largest absolute Gasteiger partial charge is 0.410 e. The number of oxime groups is 1. The molecule has 2 N–H and O–H groups in total. The van der Waals surface area contributed by atoms with Crippen molar-refractivity contribution in [2.24, 2.45) is 5.16 Å². The van der Waals surface area contributed by atoms with Gasteiger partial charge in [-0.1, -0.05) is 5.16 Å². The summed E-state index contributed by atoms with van der Waals surface area (Å²) in [5.41, 5.74) is 0. The zero-order valence-electron chi connectivity index (χ0n) is 8.26. The van der Waals surface area contributed by atoms with Crippen LogP contribution >= 0.6 is 0 Å². The first-order valence-electron chi connectivity index (χ1n) is 4.93. The molecule has 0 aromatic carbocycles. The van der Waals surface area contributed by atoms with E-state index in [0.717, 1.165) is 13.1 Å². The summed E-state index contributed by atoms with van der Waals surface area (Å²) in [6.07, 6.45) is 9.02. The van der Waals surface area contributed by atoms with Gasteiger partial charge >= 0.3 is 0 Å². The summed E-state index contributed by atoms with van der Waals surface area (Å²) in [7, 11) is 0. The van der Waals surface area contributed by atoms with Gasteiger partial charge in [0, 0.05) is 25.5 Å². The van der Waals surface area contributed by atoms with E-state index in [1.54, 1.807) is 0 Å². The Morgan fingerprint density at radius 2 is 1.79 bits per heavy atom. The monoisotopic (exact) mass is 195 g/mol. The Labute approximate surface area is 84.2 Å². The lowest BCUT2D eigenvalue weighted by molar-refractivity contribution is 0.293. The van der Waals surface area contributed by atoms with Crippen LogP contribution in [0.4, 0.5) is 0 Å². The van der Waals surface area contributed by atoms with Crippen molar-refractivity contribution in [1.82, 2.24) is 9.88 Å². The Bertz CT molecular complexity index is 210. The molecule has 0 unspecified atom stereocenters. The summed E-state index contributed by atoms with van der Waals surface area (Å²) >= 11 is 0. The van der Waals surface area contributed by atoms with Gasteiger partial charge in [0.1, 0.15) is 6.34 Å². The molecule has 1 aromatic rings. The fraction of sp³-hybridized carbons (Fsp3) is 0.500. The molecule has 0 amide bonds. The maximum atomic E-state index is 8.15. The van der Waals surface area contributed by atoms with Crippen molar-refractivity contribution >= 4 is 6.34 Å². The molecule has 0 bridgehead atoms. The van der Waals surface area contributed by atoms with Crippen LogP contribution in [0.3, 0.4) is 0 Å². The highest BCUT2D eigenvalue weighted by molar-refractivity contribution is 5.53. The van der Waals surface area contributed by atoms with Crippen LogP contribution in [0.2, 0.25) is 0 Å². The standard InChI is InChI=1S/C6H12N2O.C4H5N/c9-7-6-8-4-2-1-3-5-8;1-2-4-5-3-1/h6,9H,1-5H2;1-5H. The van der Waals surface area contributed by atoms with E-state index in [0.29, 0.717) is 0 Å². The van der Waals surface area contributed by atoms with Gasteiger partial charge in [0.05, 0.1) is 0 Å². The van der Waals surface area contributed by atoms with Gasteiger partial charge in [-0.3, -0.25) is 0 Å². The maximum absolute atomic E-state index is 8.15. The molecular weight excluding hydrogens is 178 g/mol. The topological polar surface area (TPSA) is 51.6 Å². The molecule has 1 saturated heterocycles. The second kappa shape index (κ2) is 7.00. The highest BCUT2D eigenvalue weighted by Crippen LogP contribution is 2.05. The fourth-order valence-electron chi connectivity index (χ4n) is 1.38. The predicted molar refractivity (Wildman–Crippen MR) is 56.5 cm³/mol. The number of nitrogens with one attached hydrogen (secondary N) is 1. The fourth-order valence-corrected chi connectivity index (χ4v) is 1.38. The smallest absolute Gasteiger partial charge is 0.130 e. The second-order valence-electron chi connectivity index (χ2n) is 3.21. The molecule has 2 heterocycles. The van der Waals surface area contributed by atoms with Gasteiger partial charge < -0.3 is 15.1 Å². The number of hydrogen-bond acceptors (Lipinski definition) is 2. The molecule has 0 saturated carbocycles. The molecule has 1 aliphatic heterocycles. The van der Waals surface area contributed by atoms with Gasteiger partial charge in [-0.05, 0) is 31.4 Å². The highest BCUT2D eigenvalue weighted by atomic mass is 16.4. The molecular formula is C10H17N3O. The quantitative estimate of drug-likeness (QED) is 0.311. The summed E-state index contributed by atoms with van der Waals surface area (Å²) in [6, 6.07) is 3.89. The van der Waals surface area contributed by atoms with Crippen LogP contribution in [0.5, 0.6) is 0 Å². The number of piperidine rings is 1. The first-order chi connectivity index (χ1) is 6.93. The molecule has 0 radical (unpaired) electrons. The lowest BCUT2D eigenvalue weighted by atomic mass is 10.1. The van der Waals surface area contributed by atoms with Crippen molar-refractivity contribution in [3.8, 4) is 0 Å². The lowest BCUT2D eigenvalue weighted by Gasteiger charge is -2.22. The van der Waals surface area contributed by atoms with Crippen molar-refractivity contribution in [2.45, 2.75) is 19.3 Å². The van der Waals surface area contributed by atoms with Crippen molar-refractivity contribution in [2.75, 3.05) is 13.1 Å². The summed E-state index contributed by atoms with van der Waals surface area (Å²) in [4.78, 5) is 4.89. The van der Waals surface area contributed by atoms with E-state index in [-0.39, 0.29) is 0 Å². The number of nitrogens with zero attached hydrogens (tertiary/aromatic N) is 2. The minimum absolute atomic E-state index is 1.05. The number of H-pyrrole nitrogens is 1. The molecule has 4 heteroatoms. The second-order valence-corrected chi connectivity index (χ2v) is 3.21. The molecule has 14 heavy (non-hydrogen) atoms. The van der Waals surface area contributed by atoms with Crippen LogP contribution in [-0.2, 0) is 0 Å². The number of rotatable bonds is 1. The van der Waals surface area contributed by atoms with Crippen molar-refractivity contribution in [3.63, 3.8) is 0 Å². The molecule has 4 nitrogen and oxygen atoms in total. The molecule has 1 aromatic heterocycles. The van der Waals surface area contributed by atoms with Gasteiger partial charge in [0.25, 0.3) is 0 Å². The van der Waals surface area contributed by atoms with E-state index in [1.165, 1.54) is 25.6 Å². The maximum Gasteiger partial charge on any atom is 0.130 e. The third-order valence-electron chi connectivity index (χ3n) is 2.10. The zero-order chi connectivity index (χ0) is 10.1.